The molecule has 14 heavy (non-hydrogen) atoms. The molecule has 0 rings (SSSR count). The summed E-state index contributed by atoms with van der Waals surface area (Å²) in [5.41, 5.74) is 3.25. The second-order valence-electron chi connectivity index (χ2n) is 3.19. The van der Waals surface area contributed by atoms with E-state index in [1.54, 1.807) is 0 Å². The quantitative estimate of drug-likeness (QED) is 0.646. The van der Waals surface area contributed by atoms with Crippen molar-refractivity contribution in [2.75, 3.05) is 13.1 Å². The zero-order valence-electron chi connectivity index (χ0n) is 9.85. The van der Waals surface area contributed by atoms with Crippen LogP contribution in [0.15, 0.2) is 28.9 Å². The van der Waals surface area contributed by atoms with E-state index in [4.69, 9.17) is 0 Å². The van der Waals surface area contributed by atoms with Gasteiger partial charge in [-0.15, -0.1) is 0 Å². The fourth-order valence-electron chi connectivity index (χ4n) is 1.14. The highest BCUT2D eigenvalue weighted by Gasteiger charge is 1.98. The summed E-state index contributed by atoms with van der Waals surface area (Å²) in [4.78, 5) is 4.39. The molecule has 0 aliphatic carbocycles. The smallest absolute Gasteiger partial charge is 0.0614 e. The first kappa shape index (κ1) is 12.9. The summed E-state index contributed by atoms with van der Waals surface area (Å²) < 4.78 is 0. The van der Waals surface area contributed by atoms with E-state index in [9.17, 15) is 0 Å². The van der Waals surface area contributed by atoms with Crippen LogP contribution in [0.2, 0.25) is 0 Å². The average Bonchev–Trinajstić information content (AvgIpc) is 2.15. The number of allylic oxidation sites excluding steroid dienone is 3. The average molecular weight is 194 g/mol. The fourth-order valence-corrected chi connectivity index (χ4v) is 1.14. The standard InChI is InChI=1S/C12H22N2/c1-6-11(13-7-2)9-12(10(4)5)14-8-3/h9,13H,4,6-8H2,1-3,5H3/b11-9-,14-12-. The minimum Gasteiger partial charge on any atom is -0.389 e. The highest BCUT2D eigenvalue weighted by molar-refractivity contribution is 6.07. The largest absolute Gasteiger partial charge is 0.389 e. The predicted octanol–water partition coefficient (Wildman–Crippen LogP) is 2.93. The van der Waals surface area contributed by atoms with Gasteiger partial charge in [0.1, 0.15) is 0 Å². The number of nitrogens with one attached hydrogen (secondary N) is 1. The molecule has 0 aliphatic heterocycles. The molecule has 0 aromatic heterocycles. The molecule has 0 aromatic rings. The van der Waals surface area contributed by atoms with E-state index in [1.807, 2.05) is 13.8 Å². The summed E-state index contributed by atoms with van der Waals surface area (Å²) in [7, 11) is 0. The van der Waals surface area contributed by atoms with Gasteiger partial charge in [0, 0.05) is 18.8 Å². The predicted molar refractivity (Wildman–Crippen MR) is 64.8 cm³/mol. The minimum atomic E-state index is 0.807. The first-order valence-electron chi connectivity index (χ1n) is 5.30. The molecule has 1 N–H and O–H groups in total. The van der Waals surface area contributed by atoms with Crippen LogP contribution in [-0.2, 0) is 0 Å². The van der Waals surface area contributed by atoms with Crippen LogP contribution >= 0.6 is 0 Å². The zero-order chi connectivity index (χ0) is 11.0. The molecule has 0 bridgehead atoms. The first-order valence-corrected chi connectivity index (χ1v) is 5.30. The molecule has 0 fully saturated rings. The van der Waals surface area contributed by atoms with Crippen molar-refractivity contribution in [3.05, 3.63) is 23.9 Å². The van der Waals surface area contributed by atoms with Crippen LogP contribution in [0.5, 0.6) is 0 Å². The van der Waals surface area contributed by atoms with E-state index >= 15 is 0 Å². The van der Waals surface area contributed by atoms with Gasteiger partial charge in [-0.1, -0.05) is 13.5 Å². The molecule has 0 atom stereocenters. The molecule has 0 saturated heterocycles. The van der Waals surface area contributed by atoms with Gasteiger partial charge in [0.25, 0.3) is 0 Å². The van der Waals surface area contributed by atoms with Crippen LogP contribution in [-0.4, -0.2) is 18.8 Å². The van der Waals surface area contributed by atoms with Gasteiger partial charge in [-0.25, -0.2) is 0 Å². The third-order valence-corrected chi connectivity index (χ3v) is 1.86. The number of hydrogen-bond acceptors (Lipinski definition) is 2. The summed E-state index contributed by atoms with van der Waals surface area (Å²) in [5, 5.41) is 3.32. The maximum atomic E-state index is 4.39. The van der Waals surface area contributed by atoms with Crippen LogP contribution in [0.1, 0.15) is 34.1 Å². The highest BCUT2D eigenvalue weighted by atomic mass is 14.9. The molecule has 0 aromatic carbocycles. The van der Waals surface area contributed by atoms with E-state index in [-0.39, 0.29) is 0 Å². The maximum absolute atomic E-state index is 4.39. The third-order valence-electron chi connectivity index (χ3n) is 1.86. The summed E-state index contributed by atoms with van der Waals surface area (Å²) in [5.74, 6) is 0. The zero-order valence-corrected chi connectivity index (χ0v) is 9.85. The maximum Gasteiger partial charge on any atom is 0.0614 e. The Morgan fingerprint density at radius 3 is 2.36 bits per heavy atom. The van der Waals surface area contributed by atoms with Crippen LogP contribution in [0, 0.1) is 0 Å². The van der Waals surface area contributed by atoms with Crippen molar-refractivity contribution >= 4 is 5.71 Å². The summed E-state index contributed by atoms with van der Waals surface area (Å²) in [6.45, 7) is 13.9. The minimum absolute atomic E-state index is 0.807. The van der Waals surface area contributed by atoms with Crippen molar-refractivity contribution in [3.63, 3.8) is 0 Å². The number of nitrogens with zero attached hydrogens (tertiary/aromatic N) is 1. The Morgan fingerprint density at radius 1 is 1.36 bits per heavy atom. The summed E-state index contributed by atoms with van der Waals surface area (Å²) >= 11 is 0. The Bertz CT molecular complexity index is 237. The molecule has 0 saturated carbocycles. The van der Waals surface area contributed by atoms with Crippen LogP contribution in [0.25, 0.3) is 0 Å². The lowest BCUT2D eigenvalue weighted by molar-refractivity contribution is 0.808. The van der Waals surface area contributed by atoms with E-state index in [2.05, 4.69) is 36.8 Å². The van der Waals surface area contributed by atoms with Gasteiger partial charge in [-0.2, -0.15) is 0 Å². The Labute approximate surface area is 87.8 Å². The van der Waals surface area contributed by atoms with Crippen molar-refractivity contribution in [1.82, 2.24) is 5.32 Å². The molecule has 2 heteroatoms. The fraction of sp³-hybridized carbons (Fsp3) is 0.583. The number of aliphatic imine (C=N–C) groups is 1. The van der Waals surface area contributed by atoms with Gasteiger partial charge in [-0.05, 0) is 38.8 Å². The number of rotatable bonds is 6. The topological polar surface area (TPSA) is 24.4 Å². The van der Waals surface area contributed by atoms with Crippen molar-refractivity contribution in [3.8, 4) is 0 Å². The van der Waals surface area contributed by atoms with Gasteiger partial charge in [0.05, 0.1) is 5.71 Å². The van der Waals surface area contributed by atoms with E-state index in [0.717, 1.165) is 30.8 Å². The van der Waals surface area contributed by atoms with Crippen molar-refractivity contribution < 1.29 is 0 Å². The van der Waals surface area contributed by atoms with E-state index in [0.29, 0.717) is 0 Å². The SMILES string of the molecule is C=C(C)C(/C=C(/CC)NCC)=N\CC. The first-order chi connectivity index (χ1) is 6.65. The van der Waals surface area contributed by atoms with Gasteiger partial charge in [-0.3, -0.25) is 4.99 Å². The van der Waals surface area contributed by atoms with E-state index < -0.39 is 0 Å². The lowest BCUT2D eigenvalue weighted by atomic mass is 10.1. The van der Waals surface area contributed by atoms with Crippen LogP contribution < -0.4 is 5.32 Å². The Balaban J connectivity index is 4.67. The summed E-state index contributed by atoms with van der Waals surface area (Å²) in [6.07, 6.45) is 3.10. The second-order valence-corrected chi connectivity index (χ2v) is 3.19. The van der Waals surface area contributed by atoms with Crippen molar-refractivity contribution in [1.29, 1.82) is 0 Å². The number of hydrogen-bond donors (Lipinski definition) is 1. The van der Waals surface area contributed by atoms with E-state index in [1.165, 1.54) is 5.70 Å². The monoisotopic (exact) mass is 194 g/mol. The summed E-state index contributed by atoms with van der Waals surface area (Å²) in [6, 6.07) is 0. The van der Waals surface area contributed by atoms with Crippen molar-refractivity contribution in [2.45, 2.75) is 34.1 Å². The molecular formula is C12H22N2. The Hall–Kier alpha value is -1.05. The molecule has 80 valence electrons. The molecule has 0 unspecified atom stereocenters. The van der Waals surface area contributed by atoms with Gasteiger partial charge >= 0.3 is 0 Å². The van der Waals surface area contributed by atoms with Crippen LogP contribution in [0.3, 0.4) is 0 Å². The lowest BCUT2D eigenvalue weighted by Gasteiger charge is -2.07. The Kier molecular flexibility index (Phi) is 6.81. The molecule has 0 amide bonds. The van der Waals surface area contributed by atoms with Gasteiger partial charge in [0.2, 0.25) is 0 Å². The lowest BCUT2D eigenvalue weighted by Crippen LogP contribution is -2.13. The van der Waals surface area contributed by atoms with Crippen LogP contribution in [0.4, 0.5) is 0 Å². The Morgan fingerprint density at radius 2 is 2.00 bits per heavy atom. The van der Waals surface area contributed by atoms with Gasteiger partial charge < -0.3 is 5.32 Å². The third kappa shape index (κ3) is 4.85. The molecule has 0 aliphatic rings. The molecule has 2 nitrogen and oxygen atoms in total. The molecule has 0 spiro atoms. The normalized spacial score (nSPS) is 12.9. The molecule has 0 heterocycles. The second kappa shape index (κ2) is 7.36. The van der Waals surface area contributed by atoms with Crippen molar-refractivity contribution in [2.24, 2.45) is 4.99 Å². The highest BCUT2D eigenvalue weighted by Crippen LogP contribution is 2.02. The van der Waals surface area contributed by atoms with Gasteiger partial charge in [0.15, 0.2) is 0 Å². The molecule has 0 radical (unpaired) electrons. The molecular weight excluding hydrogens is 172 g/mol.